The number of hydrogen-bond acceptors (Lipinski definition) is 3. The number of rotatable bonds is 10. The lowest BCUT2D eigenvalue weighted by Crippen LogP contribution is -2.24. The molecule has 0 bridgehead atoms. The van der Waals surface area contributed by atoms with Gasteiger partial charge in [-0.2, -0.15) is 0 Å². The van der Waals surface area contributed by atoms with Crippen molar-refractivity contribution in [2.75, 3.05) is 6.61 Å². The van der Waals surface area contributed by atoms with Gasteiger partial charge >= 0.3 is 0 Å². The van der Waals surface area contributed by atoms with E-state index in [0.717, 1.165) is 22.4 Å². The Labute approximate surface area is 172 Å². The Balaban J connectivity index is 1.39. The molecule has 4 nitrogen and oxygen atoms in total. The van der Waals surface area contributed by atoms with Gasteiger partial charge in [-0.3, -0.25) is 4.79 Å². The van der Waals surface area contributed by atoms with Crippen LogP contribution in [0.4, 0.5) is 0 Å². The smallest absolute Gasteiger partial charge is 0.224 e. The number of amides is 1. The number of ether oxygens (including phenoxy) is 2. The summed E-state index contributed by atoms with van der Waals surface area (Å²) in [5.41, 5.74) is 4.32. The highest BCUT2D eigenvalue weighted by Gasteiger charge is 2.04. The van der Waals surface area contributed by atoms with Gasteiger partial charge in [0.15, 0.2) is 0 Å². The minimum atomic E-state index is 0.00410. The van der Waals surface area contributed by atoms with Crippen LogP contribution in [-0.4, -0.2) is 12.5 Å². The first-order chi connectivity index (χ1) is 14.2. The van der Waals surface area contributed by atoms with Crippen LogP contribution in [0.25, 0.3) is 0 Å². The number of hydrogen-bond donors (Lipinski definition) is 1. The molecule has 3 rings (SSSR count). The highest BCUT2D eigenvalue weighted by Crippen LogP contribution is 2.13. The molecule has 4 heteroatoms. The van der Waals surface area contributed by atoms with Crippen molar-refractivity contribution < 1.29 is 14.3 Å². The molecular weight excluding hydrogens is 362 g/mol. The zero-order valence-electron chi connectivity index (χ0n) is 16.8. The van der Waals surface area contributed by atoms with Crippen molar-refractivity contribution in [3.05, 3.63) is 101 Å². The molecule has 0 heterocycles. The summed E-state index contributed by atoms with van der Waals surface area (Å²) in [6.07, 6.45) is 0.359. The van der Waals surface area contributed by atoms with E-state index in [1.807, 2.05) is 73.7 Å². The quantitative estimate of drug-likeness (QED) is 0.549. The second-order valence-electron chi connectivity index (χ2n) is 6.83. The van der Waals surface area contributed by atoms with Crippen LogP contribution >= 0.6 is 0 Å². The average molecular weight is 389 g/mol. The average Bonchev–Trinajstić information content (AvgIpc) is 2.75. The fourth-order valence-corrected chi connectivity index (χ4v) is 2.93. The highest BCUT2D eigenvalue weighted by atomic mass is 16.5. The summed E-state index contributed by atoms with van der Waals surface area (Å²) >= 11 is 0. The number of benzene rings is 3. The van der Waals surface area contributed by atoms with Gasteiger partial charge in [0.25, 0.3) is 0 Å². The standard InChI is InChI=1S/C25H27NO3/c1-2-29-24-14-12-20(13-15-24)16-25(27)26-17-21-8-10-23(11-9-21)19-28-18-22-6-4-3-5-7-22/h3-15H,2,16-19H2,1H3,(H,26,27). The topological polar surface area (TPSA) is 47.6 Å². The van der Waals surface area contributed by atoms with Gasteiger partial charge in [0.2, 0.25) is 5.91 Å². The number of carbonyl (C=O) groups is 1. The Bertz CT molecular complexity index is 874. The normalized spacial score (nSPS) is 10.5. The zero-order valence-corrected chi connectivity index (χ0v) is 16.8. The molecule has 0 saturated heterocycles. The first-order valence-electron chi connectivity index (χ1n) is 9.91. The van der Waals surface area contributed by atoms with Crippen molar-refractivity contribution in [1.29, 1.82) is 0 Å². The Hall–Kier alpha value is -3.11. The maximum atomic E-state index is 12.2. The summed E-state index contributed by atoms with van der Waals surface area (Å²) in [5.74, 6) is 0.828. The molecule has 150 valence electrons. The van der Waals surface area contributed by atoms with Crippen molar-refractivity contribution in [2.24, 2.45) is 0 Å². The molecule has 0 aromatic heterocycles. The summed E-state index contributed by atoms with van der Waals surface area (Å²) in [6.45, 7) is 4.27. The third-order valence-electron chi connectivity index (χ3n) is 4.49. The molecule has 0 aliphatic carbocycles. The van der Waals surface area contributed by atoms with Gasteiger partial charge in [0.1, 0.15) is 5.75 Å². The van der Waals surface area contributed by atoms with E-state index in [1.165, 1.54) is 5.56 Å². The minimum Gasteiger partial charge on any atom is -0.494 e. The van der Waals surface area contributed by atoms with Crippen LogP contribution in [0.2, 0.25) is 0 Å². The molecule has 0 unspecified atom stereocenters. The Kier molecular flexibility index (Phi) is 7.84. The Morgan fingerprint density at radius 3 is 2.00 bits per heavy atom. The summed E-state index contributed by atoms with van der Waals surface area (Å²) in [5, 5.41) is 2.97. The summed E-state index contributed by atoms with van der Waals surface area (Å²) in [4.78, 5) is 12.2. The van der Waals surface area contributed by atoms with E-state index < -0.39 is 0 Å². The fourth-order valence-electron chi connectivity index (χ4n) is 2.93. The molecule has 0 fully saturated rings. The van der Waals surface area contributed by atoms with E-state index >= 15 is 0 Å². The van der Waals surface area contributed by atoms with Crippen molar-refractivity contribution >= 4 is 5.91 Å². The predicted octanol–water partition coefficient (Wildman–Crippen LogP) is 4.66. The van der Waals surface area contributed by atoms with Gasteiger partial charge in [-0.25, -0.2) is 0 Å². The molecule has 1 amide bonds. The molecule has 3 aromatic carbocycles. The van der Waals surface area contributed by atoms with Crippen LogP contribution < -0.4 is 10.1 Å². The highest BCUT2D eigenvalue weighted by molar-refractivity contribution is 5.78. The second kappa shape index (κ2) is 11.0. The van der Waals surface area contributed by atoms with Crippen LogP contribution in [0.15, 0.2) is 78.9 Å². The van der Waals surface area contributed by atoms with E-state index in [0.29, 0.717) is 32.8 Å². The maximum absolute atomic E-state index is 12.2. The summed E-state index contributed by atoms with van der Waals surface area (Å²) < 4.78 is 11.2. The van der Waals surface area contributed by atoms with Gasteiger partial charge in [-0.15, -0.1) is 0 Å². The van der Waals surface area contributed by atoms with Gasteiger partial charge in [0, 0.05) is 6.54 Å². The first-order valence-corrected chi connectivity index (χ1v) is 9.91. The molecule has 0 atom stereocenters. The Morgan fingerprint density at radius 1 is 0.759 bits per heavy atom. The molecule has 1 N–H and O–H groups in total. The van der Waals surface area contributed by atoms with E-state index in [4.69, 9.17) is 9.47 Å². The van der Waals surface area contributed by atoms with Crippen LogP contribution in [0.3, 0.4) is 0 Å². The van der Waals surface area contributed by atoms with E-state index in [-0.39, 0.29) is 5.91 Å². The molecule has 0 radical (unpaired) electrons. The number of carbonyl (C=O) groups excluding carboxylic acids is 1. The minimum absolute atomic E-state index is 0.00410. The second-order valence-corrected chi connectivity index (χ2v) is 6.83. The van der Waals surface area contributed by atoms with Crippen molar-refractivity contribution in [3.63, 3.8) is 0 Å². The van der Waals surface area contributed by atoms with E-state index in [9.17, 15) is 4.79 Å². The van der Waals surface area contributed by atoms with Crippen LogP contribution in [0.5, 0.6) is 5.75 Å². The molecule has 0 aliphatic heterocycles. The summed E-state index contributed by atoms with van der Waals surface area (Å²) in [6, 6.07) is 25.9. The SMILES string of the molecule is CCOc1ccc(CC(=O)NCc2ccc(COCc3ccccc3)cc2)cc1. The van der Waals surface area contributed by atoms with Crippen molar-refractivity contribution in [1.82, 2.24) is 5.32 Å². The van der Waals surface area contributed by atoms with Crippen LogP contribution in [0.1, 0.15) is 29.2 Å². The zero-order chi connectivity index (χ0) is 20.3. The predicted molar refractivity (Wildman–Crippen MR) is 115 cm³/mol. The van der Waals surface area contributed by atoms with E-state index in [1.54, 1.807) is 0 Å². The lowest BCUT2D eigenvalue weighted by atomic mass is 10.1. The monoisotopic (exact) mass is 389 g/mol. The largest absolute Gasteiger partial charge is 0.494 e. The third kappa shape index (κ3) is 7.09. The maximum Gasteiger partial charge on any atom is 0.224 e. The van der Waals surface area contributed by atoms with Gasteiger partial charge in [-0.05, 0) is 41.3 Å². The van der Waals surface area contributed by atoms with Crippen molar-refractivity contribution in [2.45, 2.75) is 33.1 Å². The fraction of sp³-hybridized carbons (Fsp3) is 0.240. The van der Waals surface area contributed by atoms with Gasteiger partial charge in [-0.1, -0.05) is 66.7 Å². The van der Waals surface area contributed by atoms with E-state index in [2.05, 4.69) is 17.4 Å². The molecule has 0 aliphatic rings. The molecular formula is C25H27NO3. The third-order valence-corrected chi connectivity index (χ3v) is 4.49. The summed E-state index contributed by atoms with van der Waals surface area (Å²) in [7, 11) is 0. The lowest BCUT2D eigenvalue weighted by Gasteiger charge is -2.08. The molecule has 3 aromatic rings. The number of nitrogens with one attached hydrogen (secondary N) is 1. The Morgan fingerprint density at radius 2 is 1.34 bits per heavy atom. The molecule has 29 heavy (non-hydrogen) atoms. The van der Waals surface area contributed by atoms with Crippen LogP contribution in [0, 0.1) is 0 Å². The lowest BCUT2D eigenvalue weighted by molar-refractivity contribution is -0.120. The van der Waals surface area contributed by atoms with Gasteiger partial charge in [0.05, 0.1) is 26.2 Å². The first kappa shape index (κ1) is 20.6. The van der Waals surface area contributed by atoms with Crippen molar-refractivity contribution in [3.8, 4) is 5.75 Å². The molecule has 0 spiro atoms. The molecule has 0 saturated carbocycles. The van der Waals surface area contributed by atoms with Gasteiger partial charge < -0.3 is 14.8 Å². The van der Waals surface area contributed by atoms with Crippen LogP contribution in [-0.2, 0) is 35.7 Å².